The van der Waals surface area contributed by atoms with Crippen LogP contribution in [0.2, 0.25) is 0 Å². The molecule has 0 amide bonds. The molecule has 0 saturated carbocycles. The van der Waals surface area contributed by atoms with Gasteiger partial charge in [0.25, 0.3) is 0 Å². The highest BCUT2D eigenvalue weighted by molar-refractivity contribution is 8.04. The van der Waals surface area contributed by atoms with Crippen molar-refractivity contribution in [3.8, 4) is 5.75 Å². The Morgan fingerprint density at radius 2 is 2.00 bits per heavy atom. The lowest BCUT2D eigenvalue weighted by atomic mass is 9.99. The number of unbranched alkanes of at least 4 members (excludes halogenated alkanes) is 2. The first-order valence-corrected chi connectivity index (χ1v) is 10.1. The van der Waals surface area contributed by atoms with Crippen LogP contribution in [0.3, 0.4) is 0 Å². The Bertz CT molecular complexity index is 863. The third-order valence-electron chi connectivity index (χ3n) is 4.25. The van der Waals surface area contributed by atoms with Gasteiger partial charge in [0.05, 0.1) is 11.5 Å². The first kappa shape index (κ1) is 20.3. The summed E-state index contributed by atoms with van der Waals surface area (Å²) in [5.41, 5.74) is 0.0909. The van der Waals surface area contributed by atoms with E-state index in [4.69, 9.17) is 9.26 Å². The number of hydrogen-bond donors (Lipinski definition) is 2. The molecule has 1 unspecified atom stereocenters. The summed E-state index contributed by atoms with van der Waals surface area (Å²) < 4.78 is 10.6. The fourth-order valence-electron chi connectivity index (χ4n) is 2.76. The van der Waals surface area contributed by atoms with E-state index < -0.39 is 12.0 Å². The molecule has 1 heterocycles. The highest BCUT2D eigenvalue weighted by Crippen LogP contribution is 2.32. The smallest absolute Gasteiger partial charge is 0.225 e. The van der Waals surface area contributed by atoms with Crippen molar-refractivity contribution in [1.29, 1.82) is 0 Å². The van der Waals surface area contributed by atoms with Gasteiger partial charge in [-0.3, -0.25) is 14.9 Å². The van der Waals surface area contributed by atoms with Gasteiger partial charge in [0.15, 0.2) is 6.23 Å². The molecule has 2 N–H and O–H groups in total. The summed E-state index contributed by atoms with van der Waals surface area (Å²) in [5.74, 6) is 0.711. The second kappa shape index (κ2) is 9.68. The van der Waals surface area contributed by atoms with Gasteiger partial charge in [-0.2, -0.15) is 0 Å². The number of allylic oxidation sites excluding steroid dienone is 2. The molecule has 0 saturated heterocycles. The van der Waals surface area contributed by atoms with E-state index in [1.807, 2.05) is 30.3 Å². The molecule has 1 atom stereocenters. The molecule has 1 aromatic heterocycles. The molecule has 8 heteroatoms. The van der Waals surface area contributed by atoms with Crippen molar-refractivity contribution in [2.45, 2.75) is 25.5 Å². The Morgan fingerprint density at radius 3 is 2.75 bits per heavy atom. The summed E-state index contributed by atoms with van der Waals surface area (Å²) >= 11 is 1.34. The molecule has 3 rings (SSSR count). The molecule has 1 aliphatic carbocycles. The third-order valence-corrected chi connectivity index (χ3v) is 5.35. The van der Waals surface area contributed by atoms with E-state index in [9.17, 15) is 14.7 Å². The van der Waals surface area contributed by atoms with Crippen molar-refractivity contribution in [3.63, 3.8) is 0 Å². The van der Waals surface area contributed by atoms with Crippen LogP contribution in [0.15, 0.2) is 45.8 Å². The van der Waals surface area contributed by atoms with E-state index in [1.54, 1.807) is 0 Å². The molecule has 1 aromatic carbocycles. The highest BCUT2D eigenvalue weighted by Gasteiger charge is 2.35. The number of nitrogens with zero attached hydrogens (tertiary/aromatic N) is 1. The number of hydrogen-bond acceptors (Lipinski definition) is 8. The van der Waals surface area contributed by atoms with Crippen molar-refractivity contribution in [2.24, 2.45) is 0 Å². The van der Waals surface area contributed by atoms with Gasteiger partial charge in [0.1, 0.15) is 17.0 Å². The Balaban J connectivity index is 1.45. The zero-order chi connectivity index (χ0) is 19.9. The molecule has 2 aromatic rings. The number of ketones is 2. The Morgan fingerprint density at radius 1 is 1.21 bits per heavy atom. The first-order valence-electron chi connectivity index (χ1n) is 9.08. The van der Waals surface area contributed by atoms with Crippen LogP contribution >= 0.6 is 11.8 Å². The number of thioether (sulfide) groups is 1. The molecule has 0 radical (unpaired) electrons. The minimum absolute atomic E-state index is 0.0418. The summed E-state index contributed by atoms with van der Waals surface area (Å²) in [7, 11) is 1.52. The van der Waals surface area contributed by atoms with Crippen LogP contribution in [-0.2, 0) is 0 Å². The summed E-state index contributed by atoms with van der Waals surface area (Å²) in [5, 5.41) is 16.2. The maximum atomic E-state index is 12.7. The number of fused-ring (bicyclic) bond motifs is 1. The van der Waals surface area contributed by atoms with Gasteiger partial charge in [-0.15, -0.1) is 11.8 Å². The quantitative estimate of drug-likeness (QED) is 0.462. The number of carbonyl (C=O) groups is 2. The number of carbonyl (C=O) groups excluding carboxylic acids is 2. The van der Waals surface area contributed by atoms with Gasteiger partial charge in [-0.05, 0) is 44.2 Å². The van der Waals surface area contributed by atoms with Gasteiger partial charge in [0, 0.05) is 6.08 Å². The van der Waals surface area contributed by atoms with Crippen LogP contribution in [0.4, 0.5) is 0 Å². The summed E-state index contributed by atoms with van der Waals surface area (Å²) in [6.07, 6.45) is 2.88. The molecule has 1 aliphatic rings. The first-order chi connectivity index (χ1) is 13.6. The van der Waals surface area contributed by atoms with Crippen LogP contribution < -0.4 is 10.1 Å². The SMILES string of the molecule is CNC(O)c1noc2c1C(=O)C(SCCCCCOc1ccccc1)=CC2=O. The number of aliphatic hydroxyl groups is 1. The second-order valence-corrected chi connectivity index (χ2v) is 7.37. The van der Waals surface area contributed by atoms with Crippen LogP contribution in [0.5, 0.6) is 5.75 Å². The summed E-state index contributed by atoms with van der Waals surface area (Å²) in [6, 6.07) is 9.66. The molecular weight excluding hydrogens is 380 g/mol. The number of aliphatic hydroxyl groups excluding tert-OH is 1. The Hall–Kier alpha value is -2.42. The fraction of sp³-hybridized carbons (Fsp3) is 0.350. The number of aromatic nitrogens is 1. The maximum Gasteiger partial charge on any atom is 0.225 e. The lowest BCUT2D eigenvalue weighted by Crippen LogP contribution is -2.21. The molecule has 0 fully saturated rings. The number of benzene rings is 1. The van der Waals surface area contributed by atoms with Gasteiger partial charge >= 0.3 is 0 Å². The minimum Gasteiger partial charge on any atom is -0.494 e. The number of rotatable bonds is 10. The van der Waals surface area contributed by atoms with Gasteiger partial charge < -0.3 is 14.4 Å². The molecule has 0 aliphatic heterocycles. The zero-order valence-electron chi connectivity index (χ0n) is 15.5. The normalized spacial score (nSPS) is 14.6. The third kappa shape index (κ3) is 4.70. The molecule has 0 spiro atoms. The number of ether oxygens (including phenoxy) is 1. The van der Waals surface area contributed by atoms with Gasteiger partial charge in [-0.1, -0.05) is 23.4 Å². The topological polar surface area (TPSA) is 102 Å². The molecule has 148 valence electrons. The van der Waals surface area contributed by atoms with Crippen LogP contribution in [0.25, 0.3) is 0 Å². The van der Waals surface area contributed by atoms with Crippen molar-refractivity contribution < 1.29 is 24.0 Å². The summed E-state index contributed by atoms with van der Waals surface area (Å²) in [4.78, 5) is 25.2. The molecular formula is C20H22N2O5S. The monoisotopic (exact) mass is 402 g/mol. The van der Waals surface area contributed by atoms with Gasteiger partial charge in [0.2, 0.25) is 17.3 Å². The zero-order valence-corrected chi connectivity index (χ0v) is 16.3. The standard InChI is InChI=1S/C20H22N2O5S/c1-21-20(25)17-16-18(24)15(12-14(23)19(16)27-22-17)28-11-7-3-6-10-26-13-8-4-2-5-9-13/h2,4-5,8-9,12,20-21,25H,3,6-7,10-11H2,1H3. The van der Waals surface area contributed by atoms with E-state index in [0.29, 0.717) is 17.3 Å². The van der Waals surface area contributed by atoms with Crippen molar-refractivity contribution in [2.75, 3.05) is 19.4 Å². The van der Waals surface area contributed by atoms with E-state index in [0.717, 1.165) is 25.0 Å². The molecule has 0 bridgehead atoms. The van der Waals surface area contributed by atoms with Crippen LogP contribution in [0, 0.1) is 0 Å². The lowest BCUT2D eigenvalue weighted by Gasteiger charge is -2.12. The second-order valence-electron chi connectivity index (χ2n) is 6.24. The van der Waals surface area contributed by atoms with E-state index in [-0.39, 0.29) is 22.8 Å². The van der Waals surface area contributed by atoms with Crippen LogP contribution in [0.1, 0.15) is 52.1 Å². The lowest BCUT2D eigenvalue weighted by molar-refractivity contribution is 0.0966. The highest BCUT2D eigenvalue weighted by atomic mass is 32.2. The van der Waals surface area contributed by atoms with Gasteiger partial charge in [-0.25, -0.2) is 0 Å². The predicted molar refractivity (Wildman–Crippen MR) is 106 cm³/mol. The van der Waals surface area contributed by atoms with Crippen molar-refractivity contribution in [1.82, 2.24) is 10.5 Å². The van der Waals surface area contributed by atoms with E-state index in [2.05, 4.69) is 10.5 Å². The number of Topliss-reactive ketones (excluding diaryl/α,β-unsaturated/α-hetero) is 1. The maximum absolute atomic E-state index is 12.7. The Labute approximate surface area is 167 Å². The molecule has 28 heavy (non-hydrogen) atoms. The minimum atomic E-state index is -1.17. The van der Waals surface area contributed by atoms with E-state index in [1.165, 1.54) is 24.9 Å². The van der Waals surface area contributed by atoms with Crippen LogP contribution in [-0.4, -0.2) is 41.2 Å². The van der Waals surface area contributed by atoms with Crippen molar-refractivity contribution >= 4 is 23.3 Å². The number of nitrogens with one attached hydrogen (secondary N) is 1. The van der Waals surface area contributed by atoms with E-state index >= 15 is 0 Å². The van der Waals surface area contributed by atoms with Crippen molar-refractivity contribution in [3.05, 3.63) is 58.3 Å². The Kier molecular flexibility index (Phi) is 7.02. The predicted octanol–water partition coefficient (Wildman–Crippen LogP) is 3.13. The average Bonchev–Trinajstić information content (AvgIpc) is 3.17. The summed E-state index contributed by atoms with van der Waals surface area (Å²) in [6.45, 7) is 0.643. The molecule has 7 nitrogen and oxygen atoms in total. The largest absolute Gasteiger partial charge is 0.494 e. The number of para-hydroxylation sites is 1. The fourth-order valence-corrected chi connectivity index (χ4v) is 3.76. The average molecular weight is 402 g/mol.